The van der Waals surface area contributed by atoms with Crippen molar-refractivity contribution < 1.29 is 4.74 Å². The second-order valence-corrected chi connectivity index (χ2v) is 4.06. The monoisotopic (exact) mass is 255 g/mol. The average Bonchev–Trinajstić information content (AvgIpc) is 2.82. The number of aromatic nitrogens is 1. The summed E-state index contributed by atoms with van der Waals surface area (Å²) in [6.45, 7) is 6.19. The lowest BCUT2D eigenvalue weighted by Gasteiger charge is -2.10. The van der Waals surface area contributed by atoms with Crippen LogP contribution in [0.3, 0.4) is 0 Å². The van der Waals surface area contributed by atoms with Gasteiger partial charge in [0, 0.05) is 45.2 Å². The van der Waals surface area contributed by atoms with Crippen LogP contribution in [0.2, 0.25) is 0 Å². The highest BCUT2D eigenvalue weighted by Gasteiger charge is 1.94. The number of nitrogens with zero attached hydrogens (tertiary/aromatic N) is 1. The summed E-state index contributed by atoms with van der Waals surface area (Å²) in [5.74, 6) is 0. The zero-order chi connectivity index (χ0) is 12.3. The minimum atomic E-state index is 0.716. The Morgan fingerprint density at radius 1 is 1.24 bits per heavy atom. The molecule has 0 aromatic carbocycles. The van der Waals surface area contributed by atoms with E-state index >= 15 is 0 Å². The number of hydrogen-bond acceptors (Lipinski definition) is 2. The number of thiocarbonyl (C=S) groups is 1. The van der Waals surface area contributed by atoms with Crippen LogP contribution in [0.25, 0.3) is 0 Å². The summed E-state index contributed by atoms with van der Waals surface area (Å²) in [4.78, 5) is 0. The quantitative estimate of drug-likeness (QED) is 0.544. The van der Waals surface area contributed by atoms with Gasteiger partial charge in [-0.05, 0) is 37.7 Å². The van der Waals surface area contributed by atoms with Crippen molar-refractivity contribution >= 4 is 17.3 Å². The fourth-order valence-electron chi connectivity index (χ4n) is 1.40. The van der Waals surface area contributed by atoms with Crippen LogP contribution in [0.15, 0.2) is 24.5 Å². The van der Waals surface area contributed by atoms with Crippen molar-refractivity contribution in [3.8, 4) is 0 Å². The van der Waals surface area contributed by atoms with Gasteiger partial charge in [-0.3, -0.25) is 0 Å². The zero-order valence-corrected chi connectivity index (χ0v) is 11.1. The summed E-state index contributed by atoms with van der Waals surface area (Å²) in [7, 11) is 0. The lowest BCUT2D eigenvalue weighted by Crippen LogP contribution is -2.37. The minimum Gasteiger partial charge on any atom is -0.382 e. The maximum atomic E-state index is 5.24. The molecule has 0 saturated carbocycles. The molecule has 0 spiro atoms. The molecule has 2 N–H and O–H groups in total. The first-order valence-corrected chi connectivity index (χ1v) is 6.44. The van der Waals surface area contributed by atoms with E-state index in [0.29, 0.717) is 5.11 Å². The standard InChI is InChI=1S/C12H21N3OS/c1-2-16-11-5-6-13-12(17)14-7-10-15-8-3-4-9-15/h3-4,8-9H,2,5-7,10-11H2,1H3,(H2,13,14,17). The highest BCUT2D eigenvalue weighted by atomic mass is 32.1. The van der Waals surface area contributed by atoms with E-state index in [4.69, 9.17) is 17.0 Å². The number of nitrogens with one attached hydrogen (secondary N) is 2. The molecule has 1 aromatic rings. The smallest absolute Gasteiger partial charge is 0.166 e. The molecule has 0 saturated heterocycles. The lowest BCUT2D eigenvalue weighted by molar-refractivity contribution is 0.145. The summed E-state index contributed by atoms with van der Waals surface area (Å²) in [6, 6.07) is 4.04. The van der Waals surface area contributed by atoms with Gasteiger partial charge in [-0.15, -0.1) is 0 Å². The molecule has 0 aliphatic heterocycles. The van der Waals surface area contributed by atoms with Crippen LogP contribution in [0.4, 0.5) is 0 Å². The number of rotatable bonds is 8. The van der Waals surface area contributed by atoms with Crippen molar-refractivity contribution in [1.29, 1.82) is 0 Å². The molecule has 0 unspecified atom stereocenters. The van der Waals surface area contributed by atoms with Crippen molar-refractivity contribution in [2.45, 2.75) is 19.9 Å². The molecule has 0 atom stereocenters. The van der Waals surface area contributed by atoms with Gasteiger partial charge >= 0.3 is 0 Å². The van der Waals surface area contributed by atoms with Gasteiger partial charge in [0.1, 0.15) is 0 Å². The second kappa shape index (κ2) is 9.01. The van der Waals surface area contributed by atoms with E-state index in [1.54, 1.807) is 0 Å². The topological polar surface area (TPSA) is 38.2 Å². The molecule has 0 fully saturated rings. The summed E-state index contributed by atoms with van der Waals surface area (Å²) in [5, 5.41) is 7.04. The number of hydrogen-bond donors (Lipinski definition) is 2. The molecule has 1 rings (SSSR count). The first-order chi connectivity index (χ1) is 8.33. The van der Waals surface area contributed by atoms with E-state index in [1.165, 1.54) is 0 Å². The SMILES string of the molecule is CCOCCCNC(=S)NCCn1cccc1. The van der Waals surface area contributed by atoms with Crippen LogP contribution in [0, 0.1) is 0 Å². The third kappa shape index (κ3) is 6.97. The Hall–Kier alpha value is -1.07. The molecule has 5 heteroatoms. The van der Waals surface area contributed by atoms with Crippen LogP contribution in [0.1, 0.15) is 13.3 Å². The number of ether oxygens (including phenoxy) is 1. The highest BCUT2D eigenvalue weighted by Crippen LogP contribution is 1.88. The van der Waals surface area contributed by atoms with Gasteiger partial charge < -0.3 is 19.9 Å². The van der Waals surface area contributed by atoms with E-state index in [-0.39, 0.29) is 0 Å². The molecule has 0 amide bonds. The van der Waals surface area contributed by atoms with Gasteiger partial charge in [-0.25, -0.2) is 0 Å². The van der Waals surface area contributed by atoms with Crippen molar-refractivity contribution in [1.82, 2.24) is 15.2 Å². The highest BCUT2D eigenvalue weighted by molar-refractivity contribution is 7.80. The summed E-state index contributed by atoms with van der Waals surface area (Å²) >= 11 is 5.15. The van der Waals surface area contributed by atoms with Crippen molar-refractivity contribution in [2.75, 3.05) is 26.3 Å². The molecular weight excluding hydrogens is 234 g/mol. The van der Waals surface area contributed by atoms with Gasteiger partial charge in [0.05, 0.1) is 0 Å². The first-order valence-electron chi connectivity index (χ1n) is 6.03. The third-order valence-corrected chi connectivity index (χ3v) is 2.57. The third-order valence-electron chi connectivity index (χ3n) is 2.28. The predicted octanol–water partition coefficient (Wildman–Crippen LogP) is 1.38. The average molecular weight is 255 g/mol. The summed E-state index contributed by atoms with van der Waals surface area (Å²) in [5.41, 5.74) is 0. The molecule has 0 aliphatic carbocycles. The van der Waals surface area contributed by atoms with E-state index in [0.717, 1.165) is 39.3 Å². The Morgan fingerprint density at radius 2 is 1.94 bits per heavy atom. The van der Waals surface area contributed by atoms with Crippen LogP contribution in [0.5, 0.6) is 0 Å². The van der Waals surface area contributed by atoms with E-state index in [9.17, 15) is 0 Å². The van der Waals surface area contributed by atoms with Crippen molar-refractivity contribution in [3.63, 3.8) is 0 Å². The molecule has 17 heavy (non-hydrogen) atoms. The predicted molar refractivity (Wildman–Crippen MR) is 74.1 cm³/mol. The van der Waals surface area contributed by atoms with Gasteiger partial charge in [0.25, 0.3) is 0 Å². The Labute approximate surface area is 108 Å². The van der Waals surface area contributed by atoms with Gasteiger partial charge in [0.15, 0.2) is 5.11 Å². The van der Waals surface area contributed by atoms with Crippen LogP contribution < -0.4 is 10.6 Å². The second-order valence-electron chi connectivity index (χ2n) is 3.65. The molecule has 96 valence electrons. The largest absolute Gasteiger partial charge is 0.382 e. The fourth-order valence-corrected chi connectivity index (χ4v) is 1.60. The lowest BCUT2D eigenvalue weighted by atomic mass is 10.4. The van der Waals surface area contributed by atoms with Crippen molar-refractivity contribution in [3.05, 3.63) is 24.5 Å². The fraction of sp³-hybridized carbons (Fsp3) is 0.583. The summed E-state index contributed by atoms with van der Waals surface area (Å²) < 4.78 is 7.35. The molecule has 0 aliphatic rings. The molecule has 0 bridgehead atoms. The Balaban J connectivity index is 1.94. The van der Waals surface area contributed by atoms with Crippen LogP contribution in [-0.2, 0) is 11.3 Å². The van der Waals surface area contributed by atoms with Gasteiger partial charge in [-0.1, -0.05) is 0 Å². The van der Waals surface area contributed by atoms with E-state index in [1.807, 2.05) is 31.5 Å². The van der Waals surface area contributed by atoms with Crippen LogP contribution >= 0.6 is 12.2 Å². The molecule has 4 nitrogen and oxygen atoms in total. The Bertz CT molecular complexity index is 301. The maximum absolute atomic E-state index is 5.24. The zero-order valence-electron chi connectivity index (χ0n) is 10.3. The van der Waals surface area contributed by atoms with Crippen molar-refractivity contribution in [2.24, 2.45) is 0 Å². The Morgan fingerprint density at radius 3 is 2.65 bits per heavy atom. The van der Waals surface area contributed by atoms with Crippen LogP contribution in [-0.4, -0.2) is 36.0 Å². The minimum absolute atomic E-state index is 0.716. The first kappa shape index (κ1) is 14.0. The maximum Gasteiger partial charge on any atom is 0.166 e. The van der Waals surface area contributed by atoms with E-state index in [2.05, 4.69) is 15.2 Å². The molecule has 0 radical (unpaired) electrons. The van der Waals surface area contributed by atoms with E-state index < -0.39 is 0 Å². The molecular formula is C12H21N3OS. The molecule has 1 aromatic heterocycles. The molecule has 1 heterocycles. The normalized spacial score (nSPS) is 10.2. The van der Waals surface area contributed by atoms with Gasteiger partial charge in [-0.2, -0.15) is 0 Å². The Kier molecular flexibility index (Phi) is 7.42. The summed E-state index contributed by atoms with van der Waals surface area (Å²) in [6.07, 6.45) is 5.06. The van der Waals surface area contributed by atoms with Gasteiger partial charge in [0.2, 0.25) is 0 Å².